The molecule has 0 saturated heterocycles. The maximum atomic E-state index is 11.8. The molecule has 0 bridgehead atoms. The van der Waals surface area contributed by atoms with E-state index in [4.69, 9.17) is 16.3 Å². The monoisotopic (exact) mass is 269 g/mol. The minimum absolute atomic E-state index is 0.277. The third-order valence-corrected chi connectivity index (χ3v) is 2.96. The van der Waals surface area contributed by atoms with Gasteiger partial charge < -0.3 is 10.1 Å². The van der Waals surface area contributed by atoms with Crippen molar-refractivity contribution >= 4 is 17.6 Å². The zero-order valence-electron chi connectivity index (χ0n) is 11.1. The number of rotatable bonds is 6. The molecule has 1 aromatic rings. The summed E-state index contributed by atoms with van der Waals surface area (Å²) in [7, 11) is 1.40. The van der Waals surface area contributed by atoms with Crippen LogP contribution in [0.5, 0.6) is 0 Å². The van der Waals surface area contributed by atoms with Gasteiger partial charge in [0.25, 0.3) is 0 Å². The molecule has 0 spiro atoms. The lowest BCUT2D eigenvalue weighted by molar-refractivity contribution is -0.143. The predicted octanol–water partition coefficient (Wildman–Crippen LogP) is 3.19. The van der Waals surface area contributed by atoms with E-state index >= 15 is 0 Å². The summed E-state index contributed by atoms with van der Waals surface area (Å²) in [4.78, 5) is 11.8. The Labute approximate surface area is 113 Å². The van der Waals surface area contributed by atoms with Gasteiger partial charge in [-0.2, -0.15) is 0 Å². The highest BCUT2D eigenvalue weighted by molar-refractivity contribution is 6.30. The van der Waals surface area contributed by atoms with E-state index in [2.05, 4.69) is 19.2 Å². The Hall–Kier alpha value is -1.06. The number of methoxy groups -OCH3 is 1. The molecule has 0 fully saturated rings. The minimum Gasteiger partial charge on any atom is -0.468 e. The van der Waals surface area contributed by atoms with Gasteiger partial charge in [-0.15, -0.1) is 0 Å². The number of ether oxygens (including phenoxy) is 1. The number of benzene rings is 1. The second-order valence-electron chi connectivity index (χ2n) is 4.64. The molecule has 0 heterocycles. The van der Waals surface area contributed by atoms with Crippen molar-refractivity contribution in [3.63, 3.8) is 0 Å². The van der Waals surface area contributed by atoms with Gasteiger partial charge >= 0.3 is 5.97 Å². The summed E-state index contributed by atoms with van der Waals surface area (Å²) < 4.78 is 4.82. The van der Waals surface area contributed by atoms with Crippen molar-refractivity contribution in [2.24, 2.45) is 5.92 Å². The molecule has 1 aromatic carbocycles. The standard InChI is InChI=1S/C14H20ClNO2/c1-10(2)8-9-16-13(14(17)18-3)11-4-6-12(15)7-5-11/h4-7,10,13,16H,8-9H2,1-3H3. The van der Waals surface area contributed by atoms with Gasteiger partial charge in [0.05, 0.1) is 7.11 Å². The van der Waals surface area contributed by atoms with Crippen LogP contribution in [-0.2, 0) is 9.53 Å². The van der Waals surface area contributed by atoms with E-state index in [1.807, 2.05) is 12.1 Å². The quantitative estimate of drug-likeness (QED) is 0.806. The van der Waals surface area contributed by atoms with Gasteiger partial charge in [0, 0.05) is 5.02 Å². The zero-order valence-corrected chi connectivity index (χ0v) is 11.8. The molecule has 0 aliphatic heterocycles. The van der Waals surface area contributed by atoms with E-state index in [1.54, 1.807) is 12.1 Å². The van der Waals surface area contributed by atoms with Crippen molar-refractivity contribution in [1.82, 2.24) is 5.32 Å². The summed E-state index contributed by atoms with van der Waals surface area (Å²) in [6.07, 6.45) is 1.01. The summed E-state index contributed by atoms with van der Waals surface area (Å²) in [5.41, 5.74) is 0.870. The first-order chi connectivity index (χ1) is 8.54. The SMILES string of the molecule is COC(=O)C(NCCC(C)C)c1ccc(Cl)cc1. The Morgan fingerprint density at radius 2 is 1.94 bits per heavy atom. The molecule has 4 heteroatoms. The lowest BCUT2D eigenvalue weighted by Gasteiger charge is -2.17. The largest absolute Gasteiger partial charge is 0.468 e. The van der Waals surface area contributed by atoms with Gasteiger partial charge in [-0.1, -0.05) is 37.6 Å². The number of hydrogen-bond donors (Lipinski definition) is 1. The normalized spacial score (nSPS) is 12.5. The first-order valence-corrected chi connectivity index (χ1v) is 6.49. The molecule has 0 aliphatic rings. The number of halogens is 1. The average Bonchev–Trinajstić information content (AvgIpc) is 2.35. The van der Waals surface area contributed by atoms with Crippen LogP contribution in [0.4, 0.5) is 0 Å². The Morgan fingerprint density at radius 3 is 2.44 bits per heavy atom. The fourth-order valence-electron chi connectivity index (χ4n) is 1.63. The summed E-state index contributed by atoms with van der Waals surface area (Å²) in [5.74, 6) is 0.321. The van der Waals surface area contributed by atoms with E-state index < -0.39 is 6.04 Å². The fourth-order valence-corrected chi connectivity index (χ4v) is 1.75. The highest BCUT2D eigenvalue weighted by Gasteiger charge is 2.20. The number of carbonyl (C=O) groups excluding carboxylic acids is 1. The van der Waals surface area contributed by atoms with E-state index in [-0.39, 0.29) is 5.97 Å². The maximum absolute atomic E-state index is 11.8. The summed E-state index contributed by atoms with van der Waals surface area (Å²) in [5, 5.41) is 3.88. The summed E-state index contributed by atoms with van der Waals surface area (Å²) >= 11 is 5.84. The van der Waals surface area contributed by atoms with Gasteiger partial charge in [0.15, 0.2) is 0 Å². The van der Waals surface area contributed by atoms with E-state index in [0.717, 1.165) is 18.5 Å². The lowest BCUT2D eigenvalue weighted by atomic mass is 10.1. The topological polar surface area (TPSA) is 38.3 Å². The second-order valence-corrected chi connectivity index (χ2v) is 5.08. The third-order valence-electron chi connectivity index (χ3n) is 2.71. The minimum atomic E-state index is -0.425. The van der Waals surface area contributed by atoms with Crippen molar-refractivity contribution in [1.29, 1.82) is 0 Å². The summed E-state index contributed by atoms with van der Waals surface area (Å²) in [6, 6.07) is 6.80. The average molecular weight is 270 g/mol. The van der Waals surface area contributed by atoms with Crippen LogP contribution in [0.3, 0.4) is 0 Å². The third kappa shape index (κ3) is 4.67. The number of esters is 1. The van der Waals surface area contributed by atoms with E-state index in [9.17, 15) is 4.79 Å². The van der Waals surface area contributed by atoms with Crippen LogP contribution in [0.15, 0.2) is 24.3 Å². The van der Waals surface area contributed by atoms with Crippen molar-refractivity contribution in [2.45, 2.75) is 26.3 Å². The molecular formula is C14H20ClNO2. The van der Waals surface area contributed by atoms with E-state index in [1.165, 1.54) is 7.11 Å². The van der Waals surface area contributed by atoms with Crippen LogP contribution in [0, 0.1) is 5.92 Å². The van der Waals surface area contributed by atoms with Crippen molar-refractivity contribution in [3.8, 4) is 0 Å². The molecule has 0 amide bonds. The van der Waals surface area contributed by atoms with Crippen LogP contribution in [0.2, 0.25) is 5.02 Å². The number of hydrogen-bond acceptors (Lipinski definition) is 3. The highest BCUT2D eigenvalue weighted by Crippen LogP contribution is 2.18. The Morgan fingerprint density at radius 1 is 1.33 bits per heavy atom. The Kier molecular flexibility index (Phi) is 6.16. The van der Waals surface area contributed by atoms with Crippen molar-refractivity contribution in [2.75, 3.05) is 13.7 Å². The van der Waals surface area contributed by atoms with Crippen LogP contribution in [0.1, 0.15) is 31.9 Å². The molecule has 0 aliphatic carbocycles. The van der Waals surface area contributed by atoms with Crippen LogP contribution in [-0.4, -0.2) is 19.6 Å². The smallest absolute Gasteiger partial charge is 0.327 e. The van der Waals surface area contributed by atoms with Gasteiger partial charge in [0.2, 0.25) is 0 Å². The molecule has 1 atom stereocenters. The van der Waals surface area contributed by atoms with Crippen LogP contribution in [0.25, 0.3) is 0 Å². The fraction of sp³-hybridized carbons (Fsp3) is 0.500. The molecule has 3 nitrogen and oxygen atoms in total. The molecule has 0 saturated carbocycles. The molecular weight excluding hydrogens is 250 g/mol. The lowest BCUT2D eigenvalue weighted by Crippen LogP contribution is -2.30. The highest BCUT2D eigenvalue weighted by atomic mass is 35.5. The van der Waals surface area contributed by atoms with Crippen LogP contribution < -0.4 is 5.32 Å². The molecule has 1 rings (SSSR count). The second kappa shape index (κ2) is 7.39. The molecule has 1 unspecified atom stereocenters. The predicted molar refractivity (Wildman–Crippen MR) is 73.7 cm³/mol. The molecule has 18 heavy (non-hydrogen) atoms. The molecule has 100 valence electrons. The van der Waals surface area contributed by atoms with E-state index in [0.29, 0.717) is 10.9 Å². The van der Waals surface area contributed by atoms with Crippen LogP contribution >= 0.6 is 11.6 Å². The van der Waals surface area contributed by atoms with Gasteiger partial charge in [-0.25, -0.2) is 4.79 Å². The number of nitrogens with one attached hydrogen (secondary N) is 1. The first-order valence-electron chi connectivity index (χ1n) is 6.11. The molecule has 0 aromatic heterocycles. The Bertz CT molecular complexity index is 376. The zero-order chi connectivity index (χ0) is 13.5. The van der Waals surface area contributed by atoms with Gasteiger partial charge in [-0.05, 0) is 36.6 Å². The van der Waals surface area contributed by atoms with Gasteiger partial charge in [0.1, 0.15) is 6.04 Å². The van der Waals surface area contributed by atoms with Crippen molar-refractivity contribution in [3.05, 3.63) is 34.9 Å². The summed E-state index contributed by atoms with van der Waals surface area (Å²) in [6.45, 7) is 5.08. The molecule has 1 N–H and O–H groups in total. The first kappa shape index (κ1) is 15.0. The number of carbonyl (C=O) groups is 1. The van der Waals surface area contributed by atoms with Gasteiger partial charge in [-0.3, -0.25) is 0 Å². The molecule has 0 radical (unpaired) electrons. The maximum Gasteiger partial charge on any atom is 0.327 e. The van der Waals surface area contributed by atoms with Crippen molar-refractivity contribution < 1.29 is 9.53 Å². The Balaban J connectivity index is 2.72.